The SMILES string of the molecule is CCOC(=O)C1=NO[C@@H]2[C@H]1CCCN2C(=O)c1ccc(C)cc1. The van der Waals surface area contributed by atoms with E-state index in [-0.39, 0.29) is 11.8 Å². The van der Waals surface area contributed by atoms with Crippen LogP contribution in [0.1, 0.15) is 35.7 Å². The summed E-state index contributed by atoms with van der Waals surface area (Å²) in [5, 5.41) is 3.89. The van der Waals surface area contributed by atoms with Crippen LogP contribution in [0, 0.1) is 12.8 Å². The van der Waals surface area contributed by atoms with Crippen LogP contribution in [-0.4, -0.2) is 41.9 Å². The van der Waals surface area contributed by atoms with Crippen LogP contribution >= 0.6 is 0 Å². The second-order valence-corrected chi connectivity index (χ2v) is 5.81. The Morgan fingerprint density at radius 1 is 1.35 bits per heavy atom. The van der Waals surface area contributed by atoms with Gasteiger partial charge >= 0.3 is 5.97 Å². The summed E-state index contributed by atoms with van der Waals surface area (Å²) < 4.78 is 5.02. The summed E-state index contributed by atoms with van der Waals surface area (Å²) in [4.78, 5) is 31.8. The summed E-state index contributed by atoms with van der Waals surface area (Å²) in [6.07, 6.45) is 1.05. The van der Waals surface area contributed by atoms with Gasteiger partial charge in [0.15, 0.2) is 5.71 Å². The fourth-order valence-corrected chi connectivity index (χ4v) is 3.02. The van der Waals surface area contributed by atoms with Gasteiger partial charge in [-0.05, 0) is 38.8 Å². The smallest absolute Gasteiger partial charge is 0.356 e. The van der Waals surface area contributed by atoms with E-state index < -0.39 is 12.2 Å². The average molecular weight is 316 g/mol. The molecule has 0 aromatic heterocycles. The Morgan fingerprint density at radius 2 is 2.09 bits per heavy atom. The van der Waals surface area contributed by atoms with Crippen molar-refractivity contribution < 1.29 is 19.2 Å². The first kappa shape index (κ1) is 15.5. The van der Waals surface area contributed by atoms with Crippen molar-refractivity contribution in [3.63, 3.8) is 0 Å². The molecular formula is C17H20N2O4. The summed E-state index contributed by atoms with van der Waals surface area (Å²) in [6.45, 7) is 4.62. The molecule has 1 fully saturated rings. The number of amides is 1. The highest BCUT2D eigenvalue weighted by Gasteiger charge is 2.46. The quantitative estimate of drug-likeness (QED) is 0.801. The number of rotatable bonds is 3. The third kappa shape index (κ3) is 2.93. The number of piperidine rings is 1. The first-order valence-corrected chi connectivity index (χ1v) is 7.90. The zero-order valence-corrected chi connectivity index (χ0v) is 13.3. The van der Waals surface area contributed by atoms with Gasteiger partial charge < -0.3 is 14.5 Å². The third-order valence-electron chi connectivity index (χ3n) is 4.22. The number of hydrogen-bond acceptors (Lipinski definition) is 5. The normalized spacial score (nSPS) is 22.9. The highest BCUT2D eigenvalue weighted by molar-refractivity contribution is 6.37. The van der Waals surface area contributed by atoms with Crippen LogP contribution in [0.2, 0.25) is 0 Å². The van der Waals surface area contributed by atoms with E-state index in [2.05, 4.69) is 5.16 Å². The molecule has 2 aliphatic rings. The Hall–Kier alpha value is -2.37. The van der Waals surface area contributed by atoms with E-state index in [9.17, 15) is 9.59 Å². The predicted molar refractivity (Wildman–Crippen MR) is 83.9 cm³/mol. The molecule has 1 aromatic rings. The number of esters is 1. The van der Waals surface area contributed by atoms with Crippen molar-refractivity contribution in [1.29, 1.82) is 0 Å². The molecule has 0 unspecified atom stereocenters. The van der Waals surface area contributed by atoms with Crippen LogP contribution in [0.4, 0.5) is 0 Å². The van der Waals surface area contributed by atoms with E-state index in [0.717, 1.165) is 18.4 Å². The number of hydrogen-bond donors (Lipinski definition) is 0. The van der Waals surface area contributed by atoms with Gasteiger partial charge in [-0.1, -0.05) is 22.9 Å². The number of fused-ring (bicyclic) bond motifs is 1. The number of carbonyl (C=O) groups excluding carboxylic acids is 2. The summed E-state index contributed by atoms with van der Waals surface area (Å²) in [6, 6.07) is 7.43. The molecule has 0 N–H and O–H groups in total. The van der Waals surface area contributed by atoms with Crippen molar-refractivity contribution in [3.05, 3.63) is 35.4 Å². The minimum absolute atomic E-state index is 0.0972. The van der Waals surface area contributed by atoms with Crippen molar-refractivity contribution in [2.75, 3.05) is 13.2 Å². The third-order valence-corrected chi connectivity index (χ3v) is 4.22. The van der Waals surface area contributed by atoms with Crippen molar-refractivity contribution in [1.82, 2.24) is 4.90 Å². The van der Waals surface area contributed by atoms with Crippen molar-refractivity contribution >= 4 is 17.6 Å². The number of benzene rings is 1. The van der Waals surface area contributed by atoms with Crippen molar-refractivity contribution in [2.24, 2.45) is 11.1 Å². The Balaban J connectivity index is 1.77. The first-order valence-electron chi connectivity index (χ1n) is 7.90. The topological polar surface area (TPSA) is 68.2 Å². The highest BCUT2D eigenvalue weighted by atomic mass is 16.7. The Bertz CT molecular complexity index is 638. The standard InChI is InChI=1S/C17H20N2O4/c1-3-22-17(21)14-13-5-4-10-19(16(13)23-18-14)15(20)12-8-6-11(2)7-9-12/h6-9,13,16H,3-5,10H2,1-2H3/t13-,16+/m0/s1. The van der Waals surface area contributed by atoms with Crippen molar-refractivity contribution in [3.8, 4) is 0 Å². The van der Waals surface area contributed by atoms with Crippen LogP contribution in [0.15, 0.2) is 29.4 Å². The average Bonchev–Trinajstić information content (AvgIpc) is 2.99. The summed E-state index contributed by atoms with van der Waals surface area (Å²) in [7, 11) is 0. The number of aryl methyl sites for hydroxylation is 1. The maximum absolute atomic E-state index is 12.7. The van der Waals surface area contributed by atoms with E-state index in [1.54, 1.807) is 11.8 Å². The maximum atomic E-state index is 12.7. The van der Waals surface area contributed by atoms with E-state index in [4.69, 9.17) is 9.57 Å². The molecule has 2 aliphatic heterocycles. The van der Waals surface area contributed by atoms with E-state index in [0.29, 0.717) is 24.4 Å². The molecule has 3 rings (SSSR count). The molecule has 1 amide bonds. The first-order chi connectivity index (χ1) is 11.1. The van der Waals surface area contributed by atoms with Gasteiger partial charge in [-0.3, -0.25) is 4.79 Å². The summed E-state index contributed by atoms with van der Waals surface area (Å²) >= 11 is 0. The molecule has 0 saturated carbocycles. The second kappa shape index (κ2) is 6.40. The van der Waals surface area contributed by atoms with E-state index in [1.165, 1.54) is 0 Å². The van der Waals surface area contributed by atoms with Crippen molar-refractivity contribution in [2.45, 2.75) is 32.9 Å². The highest BCUT2D eigenvalue weighted by Crippen LogP contribution is 2.32. The van der Waals surface area contributed by atoms with Gasteiger partial charge in [0, 0.05) is 12.1 Å². The van der Waals surface area contributed by atoms with E-state index >= 15 is 0 Å². The predicted octanol–water partition coefficient (Wildman–Crippen LogP) is 2.12. The van der Waals surface area contributed by atoms with Crippen LogP contribution in [0.5, 0.6) is 0 Å². The van der Waals surface area contributed by atoms with Gasteiger partial charge in [-0.15, -0.1) is 0 Å². The minimum Gasteiger partial charge on any atom is -0.461 e. The van der Waals surface area contributed by atoms with Gasteiger partial charge in [-0.25, -0.2) is 4.79 Å². The fourth-order valence-electron chi connectivity index (χ4n) is 3.02. The minimum atomic E-state index is -0.517. The molecule has 2 atom stereocenters. The Kier molecular flexibility index (Phi) is 4.32. The summed E-state index contributed by atoms with van der Waals surface area (Å²) in [5.74, 6) is -0.762. The number of carbonyl (C=O) groups is 2. The Morgan fingerprint density at radius 3 is 2.78 bits per heavy atom. The molecule has 1 aromatic carbocycles. The largest absolute Gasteiger partial charge is 0.461 e. The van der Waals surface area contributed by atoms with Gasteiger partial charge in [0.25, 0.3) is 5.91 Å². The molecule has 0 bridgehead atoms. The maximum Gasteiger partial charge on any atom is 0.356 e. The number of likely N-dealkylation sites (tertiary alicyclic amines) is 1. The molecule has 6 nitrogen and oxygen atoms in total. The van der Waals surface area contributed by atoms with Crippen LogP contribution < -0.4 is 0 Å². The lowest BCUT2D eigenvalue weighted by atomic mass is 9.91. The number of ether oxygens (including phenoxy) is 1. The lowest BCUT2D eigenvalue weighted by molar-refractivity contribution is -0.135. The van der Waals surface area contributed by atoms with Crippen LogP contribution in [0.25, 0.3) is 0 Å². The molecule has 23 heavy (non-hydrogen) atoms. The monoisotopic (exact) mass is 316 g/mol. The van der Waals surface area contributed by atoms with E-state index in [1.807, 2.05) is 31.2 Å². The Labute approximate surface area is 135 Å². The van der Waals surface area contributed by atoms with Crippen LogP contribution in [0.3, 0.4) is 0 Å². The van der Waals surface area contributed by atoms with Gasteiger partial charge in [0.05, 0.1) is 12.5 Å². The second-order valence-electron chi connectivity index (χ2n) is 5.81. The zero-order chi connectivity index (χ0) is 16.4. The molecule has 1 saturated heterocycles. The molecule has 6 heteroatoms. The van der Waals surface area contributed by atoms with Gasteiger partial charge in [0.1, 0.15) is 0 Å². The van der Waals surface area contributed by atoms with Crippen LogP contribution in [-0.2, 0) is 14.4 Å². The van der Waals surface area contributed by atoms with Gasteiger partial charge in [0.2, 0.25) is 6.23 Å². The lowest BCUT2D eigenvalue weighted by Gasteiger charge is -2.35. The molecule has 0 spiro atoms. The van der Waals surface area contributed by atoms with Gasteiger partial charge in [-0.2, -0.15) is 0 Å². The molecule has 0 aliphatic carbocycles. The fraction of sp³-hybridized carbons (Fsp3) is 0.471. The number of nitrogens with zero attached hydrogens (tertiary/aromatic N) is 2. The molecule has 122 valence electrons. The summed E-state index contributed by atoms with van der Waals surface area (Å²) in [5.41, 5.74) is 2.01. The molecule has 0 radical (unpaired) electrons. The zero-order valence-electron chi connectivity index (χ0n) is 13.3. The number of oxime groups is 1. The molecular weight excluding hydrogens is 296 g/mol. The lowest BCUT2D eigenvalue weighted by Crippen LogP contribution is -2.49. The molecule has 2 heterocycles.